The van der Waals surface area contributed by atoms with Crippen molar-refractivity contribution in [3.63, 3.8) is 0 Å². The number of halogens is 2. The number of rotatable bonds is 4. The molecular weight excluding hydrogens is 322 g/mol. The molecule has 0 saturated heterocycles. The predicted octanol–water partition coefficient (Wildman–Crippen LogP) is 3.42. The van der Waals surface area contributed by atoms with Crippen LogP contribution in [-0.2, 0) is 10.0 Å². The molecule has 0 aliphatic rings. The molecule has 3 aromatic rings. The zero-order valence-corrected chi connectivity index (χ0v) is 12.6. The highest BCUT2D eigenvalue weighted by Gasteiger charge is 2.15. The van der Waals surface area contributed by atoms with E-state index >= 15 is 0 Å². The number of nitrogens with one attached hydrogen (secondary N) is 2. The molecule has 0 aromatic heterocycles. The highest BCUT2D eigenvalue weighted by atomic mass is 32.2. The maximum Gasteiger partial charge on any atom is 0.257 e. The summed E-state index contributed by atoms with van der Waals surface area (Å²) in [6.45, 7) is 0. The molecule has 2 N–H and O–H groups in total. The van der Waals surface area contributed by atoms with Crippen molar-refractivity contribution in [1.82, 2.24) is 4.83 Å². The lowest BCUT2D eigenvalue weighted by atomic mass is 10.1. The summed E-state index contributed by atoms with van der Waals surface area (Å²) in [5, 5.41) is 1.67. The molecule has 0 fully saturated rings. The van der Waals surface area contributed by atoms with Gasteiger partial charge in [-0.05, 0) is 35.0 Å². The van der Waals surface area contributed by atoms with Gasteiger partial charge in [0.2, 0.25) is 0 Å². The molecule has 0 unspecified atom stereocenters. The van der Waals surface area contributed by atoms with E-state index in [-0.39, 0.29) is 10.6 Å². The van der Waals surface area contributed by atoms with Crippen LogP contribution in [0.15, 0.2) is 65.6 Å². The molecule has 0 saturated carbocycles. The first-order valence-electron chi connectivity index (χ1n) is 6.67. The van der Waals surface area contributed by atoms with Crippen molar-refractivity contribution in [2.24, 2.45) is 0 Å². The van der Waals surface area contributed by atoms with Crippen molar-refractivity contribution in [3.05, 3.63) is 72.3 Å². The smallest absolute Gasteiger partial charge is 0.257 e. The van der Waals surface area contributed by atoms with Crippen molar-refractivity contribution in [2.45, 2.75) is 4.90 Å². The summed E-state index contributed by atoms with van der Waals surface area (Å²) in [5.74, 6) is -1.64. The average molecular weight is 334 g/mol. The molecule has 0 heterocycles. The molecular formula is C16H12F2N2O2S. The van der Waals surface area contributed by atoms with Crippen LogP contribution in [0.3, 0.4) is 0 Å². The Bertz CT molecular complexity index is 975. The standard InChI is InChI=1S/C16H12F2N2O2S/c17-13-6-8-16(15(18)10-13)19-20-23(21,22)14-7-5-11-3-1-2-4-12(11)9-14/h1-10,19-20H. The Morgan fingerprint density at radius 2 is 1.57 bits per heavy atom. The molecule has 0 bridgehead atoms. The average Bonchev–Trinajstić information content (AvgIpc) is 2.53. The molecule has 118 valence electrons. The van der Waals surface area contributed by atoms with E-state index in [1.165, 1.54) is 12.1 Å². The summed E-state index contributed by atoms with van der Waals surface area (Å²) in [5.41, 5.74) is 2.08. The van der Waals surface area contributed by atoms with Gasteiger partial charge in [-0.15, -0.1) is 4.83 Å². The van der Waals surface area contributed by atoms with Gasteiger partial charge in [-0.25, -0.2) is 17.2 Å². The van der Waals surface area contributed by atoms with E-state index in [9.17, 15) is 17.2 Å². The minimum atomic E-state index is -3.90. The largest absolute Gasteiger partial charge is 0.305 e. The first-order valence-corrected chi connectivity index (χ1v) is 8.16. The maximum atomic E-state index is 13.5. The lowest BCUT2D eigenvalue weighted by molar-refractivity contribution is 0.580. The van der Waals surface area contributed by atoms with Crippen LogP contribution in [-0.4, -0.2) is 8.42 Å². The van der Waals surface area contributed by atoms with E-state index in [0.29, 0.717) is 6.07 Å². The topological polar surface area (TPSA) is 58.2 Å². The predicted molar refractivity (Wildman–Crippen MR) is 84.3 cm³/mol. The summed E-state index contributed by atoms with van der Waals surface area (Å²) in [6.07, 6.45) is 0. The number of hydrazine groups is 1. The van der Waals surface area contributed by atoms with Crippen molar-refractivity contribution in [3.8, 4) is 0 Å². The zero-order chi connectivity index (χ0) is 16.4. The molecule has 4 nitrogen and oxygen atoms in total. The third kappa shape index (κ3) is 3.30. The molecule has 7 heteroatoms. The van der Waals surface area contributed by atoms with Crippen LogP contribution in [0.1, 0.15) is 0 Å². The van der Waals surface area contributed by atoms with Crippen molar-refractivity contribution >= 4 is 26.5 Å². The van der Waals surface area contributed by atoms with Crippen LogP contribution in [0.5, 0.6) is 0 Å². The Morgan fingerprint density at radius 1 is 0.826 bits per heavy atom. The van der Waals surface area contributed by atoms with Gasteiger partial charge in [-0.3, -0.25) is 0 Å². The normalized spacial score (nSPS) is 11.6. The summed E-state index contributed by atoms with van der Waals surface area (Å²) in [7, 11) is -3.90. The van der Waals surface area contributed by atoms with Crippen molar-refractivity contribution in [1.29, 1.82) is 0 Å². The van der Waals surface area contributed by atoms with Gasteiger partial charge in [0.1, 0.15) is 5.82 Å². The third-order valence-electron chi connectivity index (χ3n) is 3.28. The lowest BCUT2D eigenvalue weighted by Gasteiger charge is -2.11. The van der Waals surface area contributed by atoms with Crippen LogP contribution in [0.2, 0.25) is 0 Å². The van der Waals surface area contributed by atoms with E-state index in [1.54, 1.807) is 18.2 Å². The number of sulfonamides is 1. The maximum absolute atomic E-state index is 13.5. The molecule has 0 aliphatic carbocycles. The van der Waals surface area contributed by atoms with Crippen LogP contribution < -0.4 is 10.3 Å². The number of hydrogen-bond acceptors (Lipinski definition) is 3. The summed E-state index contributed by atoms with van der Waals surface area (Å²) in [6, 6.07) is 14.8. The second-order valence-electron chi connectivity index (χ2n) is 4.86. The molecule has 0 spiro atoms. The molecule has 3 rings (SSSR count). The first kappa shape index (κ1) is 15.4. The Morgan fingerprint density at radius 3 is 2.30 bits per heavy atom. The van der Waals surface area contributed by atoms with Crippen LogP contribution in [0.4, 0.5) is 14.5 Å². The number of hydrogen-bond donors (Lipinski definition) is 2. The lowest BCUT2D eigenvalue weighted by Crippen LogP contribution is -2.30. The van der Waals surface area contributed by atoms with Gasteiger partial charge in [0.05, 0.1) is 10.6 Å². The summed E-state index contributed by atoms with van der Waals surface area (Å²) >= 11 is 0. The van der Waals surface area contributed by atoms with Gasteiger partial charge < -0.3 is 5.43 Å². The van der Waals surface area contributed by atoms with Crippen LogP contribution >= 0.6 is 0 Å². The fourth-order valence-electron chi connectivity index (χ4n) is 2.11. The van der Waals surface area contributed by atoms with E-state index in [4.69, 9.17) is 0 Å². The summed E-state index contributed by atoms with van der Waals surface area (Å²) < 4.78 is 50.8. The van der Waals surface area contributed by atoms with E-state index in [1.807, 2.05) is 12.1 Å². The van der Waals surface area contributed by atoms with E-state index < -0.39 is 21.7 Å². The van der Waals surface area contributed by atoms with Gasteiger partial charge in [0.25, 0.3) is 10.0 Å². The minimum Gasteiger partial charge on any atom is -0.305 e. The highest BCUT2D eigenvalue weighted by molar-refractivity contribution is 7.89. The Labute approximate surface area is 131 Å². The van der Waals surface area contributed by atoms with Gasteiger partial charge in [0.15, 0.2) is 5.82 Å². The van der Waals surface area contributed by atoms with Gasteiger partial charge in [0, 0.05) is 6.07 Å². The Balaban J connectivity index is 1.85. The van der Waals surface area contributed by atoms with E-state index in [0.717, 1.165) is 22.9 Å². The molecule has 0 amide bonds. The number of fused-ring (bicyclic) bond motifs is 1. The monoisotopic (exact) mass is 334 g/mol. The summed E-state index contributed by atoms with van der Waals surface area (Å²) in [4.78, 5) is 2.11. The zero-order valence-electron chi connectivity index (χ0n) is 11.8. The van der Waals surface area contributed by atoms with Gasteiger partial charge in [-0.1, -0.05) is 30.3 Å². The Hall–Kier alpha value is -2.51. The van der Waals surface area contributed by atoms with Crippen LogP contribution in [0.25, 0.3) is 10.8 Å². The second kappa shape index (κ2) is 5.94. The van der Waals surface area contributed by atoms with Crippen molar-refractivity contribution in [2.75, 3.05) is 5.43 Å². The SMILES string of the molecule is O=S(=O)(NNc1ccc(F)cc1F)c1ccc2ccccc2c1. The van der Waals surface area contributed by atoms with Crippen LogP contribution in [0, 0.1) is 11.6 Å². The minimum absolute atomic E-state index is 0.0335. The molecule has 0 aliphatic heterocycles. The number of benzene rings is 3. The fraction of sp³-hybridized carbons (Fsp3) is 0. The molecule has 0 radical (unpaired) electrons. The highest BCUT2D eigenvalue weighted by Crippen LogP contribution is 2.19. The third-order valence-corrected chi connectivity index (χ3v) is 4.53. The van der Waals surface area contributed by atoms with E-state index in [2.05, 4.69) is 10.3 Å². The molecule has 0 atom stereocenters. The van der Waals surface area contributed by atoms with Crippen molar-refractivity contribution < 1.29 is 17.2 Å². The molecule has 3 aromatic carbocycles. The second-order valence-corrected chi connectivity index (χ2v) is 6.55. The quantitative estimate of drug-likeness (QED) is 0.719. The van der Waals surface area contributed by atoms with Gasteiger partial charge >= 0.3 is 0 Å². The molecule has 23 heavy (non-hydrogen) atoms. The number of anilines is 1. The van der Waals surface area contributed by atoms with Gasteiger partial charge in [-0.2, -0.15) is 0 Å². The Kier molecular flexibility index (Phi) is 3.97. The fourth-order valence-corrected chi connectivity index (χ4v) is 3.00. The first-order chi connectivity index (χ1) is 11.0.